The molecule has 20 heavy (non-hydrogen) atoms. The van der Waals surface area contributed by atoms with E-state index >= 15 is 0 Å². The van der Waals surface area contributed by atoms with Crippen LogP contribution in [-0.2, 0) is 4.74 Å². The molecular weight excluding hydrogens is 273 g/mol. The minimum absolute atomic E-state index is 0.468. The van der Waals surface area contributed by atoms with Crippen LogP contribution in [0.15, 0.2) is 11.0 Å². The number of hydrogen-bond donors (Lipinski definition) is 4. The predicted octanol–water partition coefficient (Wildman–Crippen LogP) is -1.79. The fraction of sp³-hybridized carbons (Fsp3) is 0.636. The third kappa shape index (κ3) is 2.08. The summed E-state index contributed by atoms with van der Waals surface area (Å²) < 4.78 is 19.5. The summed E-state index contributed by atoms with van der Waals surface area (Å²) in [7, 11) is 0. The van der Waals surface area contributed by atoms with Crippen LogP contribution in [0.5, 0.6) is 0 Å². The van der Waals surface area contributed by atoms with Gasteiger partial charge in [0.05, 0.1) is 25.5 Å². The zero-order valence-electron chi connectivity index (χ0n) is 10.7. The van der Waals surface area contributed by atoms with Gasteiger partial charge in [0.1, 0.15) is 6.10 Å². The van der Waals surface area contributed by atoms with Gasteiger partial charge in [-0.25, -0.2) is 9.18 Å². The molecule has 0 radical (unpaired) electrons. The van der Waals surface area contributed by atoms with Gasteiger partial charge in [-0.3, -0.25) is 4.57 Å². The van der Waals surface area contributed by atoms with E-state index in [2.05, 4.69) is 4.98 Å². The number of ether oxygens (including phenoxy) is 1. The molecule has 112 valence electrons. The second-order valence-corrected chi connectivity index (χ2v) is 4.97. The van der Waals surface area contributed by atoms with Gasteiger partial charge in [0.15, 0.2) is 17.9 Å². The Bertz CT molecular complexity index is 565. The number of aliphatic hydroxyl groups is 3. The summed E-state index contributed by atoms with van der Waals surface area (Å²) >= 11 is 0. The molecule has 4 atom stereocenters. The Morgan fingerprint density at radius 1 is 1.60 bits per heavy atom. The molecule has 0 aliphatic carbocycles. The Morgan fingerprint density at radius 2 is 2.25 bits per heavy atom. The first-order valence-electron chi connectivity index (χ1n) is 5.94. The van der Waals surface area contributed by atoms with Crippen molar-refractivity contribution < 1.29 is 24.4 Å². The molecule has 1 aromatic rings. The van der Waals surface area contributed by atoms with Gasteiger partial charge < -0.3 is 25.8 Å². The molecule has 1 aliphatic heterocycles. The summed E-state index contributed by atoms with van der Waals surface area (Å²) in [6.45, 7) is 0.546. The lowest BCUT2D eigenvalue weighted by molar-refractivity contribution is -0.0574. The van der Waals surface area contributed by atoms with Crippen LogP contribution in [0.25, 0.3) is 0 Å². The zero-order valence-corrected chi connectivity index (χ0v) is 10.7. The van der Waals surface area contributed by atoms with Gasteiger partial charge in [0.2, 0.25) is 0 Å². The van der Waals surface area contributed by atoms with Crippen molar-refractivity contribution in [2.45, 2.75) is 25.4 Å². The van der Waals surface area contributed by atoms with Crippen molar-refractivity contribution in [3.05, 3.63) is 22.5 Å². The number of halogens is 1. The Labute approximate surface area is 113 Å². The summed E-state index contributed by atoms with van der Waals surface area (Å²) in [5, 5.41) is 28.8. The summed E-state index contributed by atoms with van der Waals surface area (Å²) in [5.41, 5.74) is 3.09. The minimum Gasteiger partial charge on any atom is -0.396 e. The third-order valence-corrected chi connectivity index (χ3v) is 3.70. The van der Waals surface area contributed by atoms with Crippen LogP contribution < -0.4 is 11.4 Å². The Kier molecular flexibility index (Phi) is 3.78. The molecule has 1 unspecified atom stereocenters. The maximum Gasteiger partial charge on any atom is 0.351 e. The molecule has 5 N–H and O–H groups in total. The van der Waals surface area contributed by atoms with Gasteiger partial charge in [-0.15, -0.1) is 0 Å². The summed E-state index contributed by atoms with van der Waals surface area (Å²) in [6, 6.07) is 0. The third-order valence-electron chi connectivity index (χ3n) is 3.70. The van der Waals surface area contributed by atoms with Crippen molar-refractivity contribution in [1.29, 1.82) is 0 Å². The zero-order chi connectivity index (χ0) is 15.1. The monoisotopic (exact) mass is 289 g/mol. The SMILES string of the molecule is C[C@@]1(CO)C(O)[C@H](n2cc(F)c(N)nc2=O)O[C@@H]1CO. The van der Waals surface area contributed by atoms with Crippen molar-refractivity contribution in [3.8, 4) is 0 Å². The molecule has 0 aromatic carbocycles. The largest absolute Gasteiger partial charge is 0.396 e. The van der Waals surface area contributed by atoms with Gasteiger partial charge in [-0.1, -0.05) is 6.92 Å². The molecule has 2 rings (SSSR count). The van der Waals surface area contributed by atoms with Crippen molar-refractivity contribution >= 4 is 5.82 Å². The lowest BCUT2D eigenvalue weighted by Gasteiger charge is -2.29. The molecule has 9 heteroatoms. The number of aromatic nitrogens is 2. The van der Waals surface area contributed by atoms with Gasteiger partial charge in [0.25, 0.3) is 0 Å². The van der Waals surface area contributed by atoms with Gasteiger partial charge in [-0.2, -0.15) is 4.98 Å². The molecule has 0 bridgehead atoms. The molecule has 0 spiro atoms. The van der Waals surface area contributed by atoms with Crippen molar-refractivity contribution in [3.63, 3.8) is 0 Å². The van der Waals surface area contributed by atoms with E-state index in [1.807, 2.05) is 0 Å². The summed E-state index contributed by atoms with van der Waals surface area (Å²) in [6.07, 6.45) is -2.72. The van der Waals surface area contributed by atoms with E-state index in [1.54, 1.807) is 0 Å². The molecule has 2 heterocycles. The smallest absolute Gasteiger partial charge is 0.351 e. The van der Waals surface area contributed by atoms with Crippen molar-refractivity contribution in [2.75, 3.05) is 18.9 Å². The number of nitrogen functional groups attached to an aromatic ring is 1. The molecule has 0 amide bonds. The highest BCUT2D eigenvalue weighted by molar-refractivity contribution is 5.26. The fourth-order valence-electron chi connectivity index (χ4n) is 2.22. The maximum atomic E-state index is 13.4. The Balaban J connectivity index is 2.45. The number of anilines is 1. The first-order valence-corrected chi connectivity index (χ1v) is 5.94. The van der Waals surface area contributed by atoms with Crippen LogP contribution in [0.2, 0.25) is 0 Å². The normalized spacial score (nSPS) is 33.5. The van der Waals surface area contributed by atoms with Gasteiger partial charge >= 0.3 is 5.69 Å². The topological polar surface area (TPSA) is 131 Å². The number of rotatable bonds is 3. The van der Waals surface area contributed by atoms with Gasteiger partial charge in [-0.05, 0) is 0 Å². The number of nitrogens with zero attached hydrogens (tertiary/aromatic N) is 2. The molecule has 8 nitrogen and oxygen atoms in total. The van der Waals surface area contributed by atoms with E-state index in [4.69, 9.17) is 10.5 Å². The molecule has 1 fully saturated rings. The second kappa shape index (κ2) is 5.09. The summed E-state index contributed by atoms with van der Waals surface area (Å²) in [5.74, 6) is -1.49. The van der Waals surface area contributed by atoms with Crippen LogP contribution in [0.1, 0.15) is 13.2 Å². The fourth-order valence-corrected chi connectivity index (χ4v) is 2.22. The van der Waals surface area contributed by atoms with E-state index < -0.39 is 54.4 Å². The van der Waals surface area contributed by atoms with Crippen LogP contribution in [0, 0.1) is 11.2 Å². The lowest BCUT2D eigenvalue weighted by atomic mass is 9.81. The standard InChI is InChI=1S/C11H16FN3O5/c1-11(4-17)6(3-16)20-9(7(11)18)15-2-5(12)8(13)14-10(15)19/h2,6-7,9,16-18H,3-4H2,1H3,(H2,13,14,19)/t6-,7?,9-,11+/m1/s1. The van der Waals surface area contributed by atoms with E-state index in [1.165, 1.54) is 6.92 Å². The quantitative estimate of drug-likeness (QED) is 0.517. The summed E-state index contributed by atoms with van der Waals surface area (Å²) in [4.78, 5) is 15.0. The Morgan fingerprint density at radius 3 is 2.75 bits per heavy atom. The van der Waals surface area contributed by atoms with Crippen LogP contribution in [-0.4, -0.2) is 50.3 Å². The first-order chi connectivity index (χ1) is 9.35. The predicted molar refractivity (Wildman–Crippen MR) is 65.1 cm³/mol. The van der Waals surface area contributed by atoms with Crippen LogP contribution in [0.4, 0.5) is 10.2 Å². The molecule has 1 aromatic heterocycles. The highest BCUT2D eigenvalue weighted by Gasteiger charge is 2.53. The maximum absolute atomic E-state index is 13.4. The average molecular weight is 289 g/mol. The second-order valence-electron chi connectivity index (χ2n) is 4.97. The first kappa shape index (κ1) is 14.9. The minimum atomic E-state index is -1.33. The highest BCUT2D eigenvalue weighted by Crippen LogP contribution is 2.42. The molecular formula is C11H16FN3O5. The van der Waals surface area contributed by atoms with Crippen LogP contribution in [0.3, 0.4) is 0 Å². The van der Waals surface area contributed by atoms with E-state index in [9.17, 15) is 24.5 Å². The van der Waals surface area contributed by atoms with Gasteiger partial charge in [0, 0.05) is 5.41 Å². The molecule has 1 aliphatic rings. The van der Waals surface area contributed by atoms with Crippen molar-refractivity contribution in [2.24, 2.45) is 5.41 Å². The van der Waals surface area contributed by atoms with E-state index in [0.717, 1.165) is 10.8 Å². The lowest BCUT2D eigenvalue weighted by Crippen LogP contribution is -2.43. The number of hydrogen-bond acceptors (Lipinski definition) is 7. The average Bonchev–Trinajstić information content (AvgIpc) is 2.67. The van der Waals surface area contributed by atoms with Crippen molar-refractivity contribution in [1.82, 2.24) is 9.55 Å². The molecule has 1 saturated heterocycles. The molecule has 0 saturated carbocycles. The number of aliphatic hydroxyl groups excluding tert-OH is 3. The van der Waals surface area contributed by atoms with E-state index in [0.29, 0.717) is 0 Å². The van der Waals surface area contributed by atoms with Crippen LogP contribution >= 0.6 is 0 Å². The number of nitrogens with two attached hydrogens (primary N) is 1. The Hall–Kier alpha value is -1.55. The highest BCUT2D eigenvalue weighted by atomic mass is 19.1. The van der Waals surface area contributed by atoms with E-state index in [-0.39, 0.29) is 0 Å².